The molecule has 152 valence electrons. The first-order chi connectivity index (χ1) is 14.2. The van der Waals surface area contributed by atoms with E-state index in [1.54, 1.807) is 4.90 Å². The van der Waals surface area contributed by atoms with E-state index < -0.39 is 0 Å². The number of carbonyl (C=O) groups is 2. The van der Waals surface area contributed by atoms with Crippen molar-refractivity contribution in [1.82, 2.24) is 15.1 Å². The molecule has 0 spiro atoms. The molecule has 2 aromatic rings. The van der Waals surface area contributed by atoms with Crippen LogP contribution in [-0.4, -0.2) is 53.8 Å². The van der Waals surface area contributed by atoms with Crippen LogP contribution in [-0.2, 0) is 17.8 Å². The number of piperidine rings is 1. The number of hydrogen-bond acceptors (Lipinski definition) is 3. The second kappa shape index (κ2) is 9.23. The van der Waals surface area contributed by atoms with Gasteiger partial charge in [0, 0.05) is 44.2 Å². The van der Waals surface area contributed by atoms with E-state index in [0.29, 0.717) is 19.5 Å². The fourth-order valence-corrected chi connectivity index (χ4v) is 4.34. The van der Waals surface area contributed by atoms with Gasteiger partial charge in [-0.3, -0.25) is 9.59 Å². The van der Waals surface area contributed by atoms with Gasteiger partial charge in [0.25, 0.3) is 5.91 Å². The molecule has 0 aliphatic carbocycles. The van der Waals surface area contributed by atoms with Gasteiger partial charge < -0.3 is 15.1 Å². The smallest absolute Gasteiger partial charge is 0.254 e. The zero-order valence-corrected chi connectivity index (χ0v) is 16.8. The molecule has 5 nitrogen and oxygen atoms in total. The summed E-state index contributed by atoms with van der Waals surface area (Å²) >= 11 is 0. The normalized spacial score (nSPS) is 19.2. The quantitative estimate of drug-likeness (QED) is 0.790. The summed E-state index contributed by atoms with van der Waals surface area (Å²) < 4.78 is 0. The number of nitrogens with zero attached hydrogens (tertiary/aromatic N) is 2. The number of nitrogens with one attached hydrogen (secondary N) is 1. The third kappa shape index (κ3) is 5.04. The number of hydrogen-bond donors (Lipinski definition) is 1. The molecule has 2 amide bonds. The first kappa shape index (κ1) is 19.6. The van der Waals surface area contributed by atoms with E-state index in [2.05, 4.69) is 34.5 Å². The van der Waals surface area contributed by atoms with Gasteiger partial charge in [0.1, 0.15) is 0 Å². The third-order valence-electron chi connectivity index (χ3n) is 5.94. The van der Waals surface area contributed by atoms with E-state index in [-0.39, 0.29) is 17.9 Å². The second-order valence-electron chi connectivity index (χ2n) is 8.08. The van der Waals surface area contributed by atoms with E-state index in [1.807, 2.05) is 30.3 Å². The minimum atomic E-state index is 0.0400. The van der Waals surface area contributed by atoms with Crippen molar-refractivity contribution in [3.63, 3.8) is 0 Å². The van der Waals surface area contributed by atoms with Crippen LogP contribution in [0, 0.1) is 0 Å². The number of carbonyl (C=O) groups excluding carboxylic acids is 2. The van der Waals surface area contributed by atoms with E-state index in [1.165, 1.54) is 5.56 Å². The fraction of sp³-hybridized carbons (Fsp3) is 0.417. The van der Waals surface area contributed by atoms with Crippen LogP contribution >= 0.6 is 0 Å². The molecule has 0 saturated carbocycles. The molecule has 2 heterocycles. The van der Waals surface area contributed by atoms with Gasteiger partial charge in [-0.05, 0) is 43.0 Å². The maximum absolute atomic E-state index is 12.5. The Hall–Kier alpha value is -2.66. The number of amides is 2. The SMILES string of the molecule is O=C(CCN1Cc2ccccc2C1=O)N[C@H]1CCCN(CCc2ccccc2)C1. The summed E-state index contributed by atoms with van der Waals surface area (Å²) in [6, 6.07) is 18.4. The highest BCUT2D eigenvalue weighted by molar-refractivity contribution is 5.98. The number of benzene rings is 2. The van der Waals surface area contributed by atoms with Gasteiger partial charge in [0.2, 0.25) is 5.91 Å². The molecule has 29 heavy (non-hydrogen) atoms. The summed E-state index contributed by atoms with van der Waals surface area (Å²) in [6.07, 6.45) is 3.54. The Morgan fingerprint density at radius 3 is 2.66 bits per heavy atom. The Kier molecular flexibility index (Phi) is 6.25. The molecule has 0 bridgehead atoms. The highest BCUT2D eigenvalue weighted by Gasteiger charge is 2.27. The standard InChI is InChI=1S/C24H29N3O2/c28-23(13-16-27-17-20-9-4-5-11-22(20)24(27)29)25-21-10-6-14-26(18-21)15-12-19-7-2-1-3-8-19/h1-5,7-9,11,21H,6,10,12-18H2,(H,25,28)/t21-/m0/s1. The van der Waals surface area contributed by atoms with Crippen molar-refractivity contribution >= 4 is 11.8 Å². The van der Waals surface area contributed by atoms with Crippen LogP contribution in [0.15, 0.2) is 54.6 Å². The minimum Gasteiger partial charge on any atom is -0.352 e. The van der Waals surface area contributed by atoms with Crippen molar-refractivity contribution in [3.05, 3.63) is 71.3 Å². The molecule has 1 atom stereocenters. The van der Waals surface area contributed by atoms with Gasteiger partial charge in [-0.25, -0.2) is 0 Å². The van der Waals surface area contributed by atoms with Gasteiger partial charge in [0.05, 0.1) is 0 Å². The molecule has 1 N–H and O–H groups in total. The minimum absolute atomic E-state index is 0.0400. The van der Waals surface area contributed by atoms with Crippen LogP contribution in [0.4, 0.5) is 0 Å². The maximum atomic E-state index is 12.5. The lowest BCUT2D eigenvalue weighted by Crippen LogP contribution is -2.48. The van der Waals surface area contributed by atoms with Crippen molar-refractivity contribution in [2.24, 2.45) is 0 Å². The van der Waals surface area contributed by atoms with Crippen LogP contribution in [0.1, 0.15) is 40.7 Å². The Morgan fingerprint density at radius 1 is 1.03 bits per heavy atom. The third-order valence-corrected chi connectivity index (χ3v) is 5.94. The lowest BCUT2D eigenvalue weighted by Gasteiger charge is -2.33. The molecule has 0 radical (unpaired) electrons. The highest BCUT2D eigenvalue weighted by atomic mass is 16.2. The summed E-state index contributed by atoms with van der Waals surface area (Å²) in [6.45, 7) is 4.12. The maximum Gasteiger partial charge on any atom is 0.254 e. The first-order valence-corrected chi connectivity index (χ1v) is 10.6. The molecule has 2 aliphatic heterocycles. The van der Waals surface area contributed by atoms with E-state index in [9.17, 15) is 9.59 Å². The van der Waals surface area contributed by atoms with E-state index in [0.717, 1.165) is 50.0 Å². The summed E-state index contributed by atoms with van der Waals surface area (Å²) in [5, 5.41) is 3.19. The molecule has 0 unspecified atom stereocenters. The Bertz CT molecular complexity index is 852. The summed E-state index contributed by atoms with van der Waals surface area (Å²) in [5.41, 5.74) is 3.18. The van der Waals surface area contributed by atoms with Crippen LogP contribution < -0.4 is 5.32 Å². The molecule has 0 aromatic heterocycles. The molecule has 2 aromatic carbocycles. The van der Waals surface area contributed by atoms with Crippen molar-refractivity contribution in [3.8, 4) is 0 Å². The topological polar surface area (TPSA) is 52.7 Å². The van der Waals surface area contributed by atoms with Crippen LogP contribution in [0.25, 0.3) is 0 Å². The van der Waals surface area contributed by atoms with Crippen LogP contribution in [0.5, 0.6) is 0 Å². The Balaban J connectivity index is 1.20. The lowest BCUT2D eigenvalue weighted by molar-refractivity contribution is -0.122. The number of likely N-dealkylation sites (tertiary alicyclic amines) is 1. The van der Waals surface area contributed by atoms with Gasteiger partial charge in [0.15, 0.2) is 0 Å². The second-order valence-corrected chi connectivity index (χ2v) is 8.08. The van der Waals surface area contributed by atoms with Crippen molar-refractivity contribution in [2.75, 3.05) is 26.2 Å². The average Bonchev–Trinajstić information content (AvgIpc) is 3.08. The molecule has 1 fully saturated rings. The summed E-state index contributed by atoms with van der Waals surface area (Å²) in [7, 11) is 0. The number of rotatable bonds is 7. The summed E-state index contributed by atoms with van der Waals surface area (Å²) in [4.78, 5) is 29.1. The van der Waals surface area contributed by atoms with Gasteiger partial charge in [-0.2, -0.15) is 0 Å². The molecule has 4 rings (SSSR count). The predicted octanol–water partition coefficient (Wildman–Crippen LogP) is 2.86. The Morgan fingerprint density at radius 2 is 1.83 bits per heavy atom. The van der Waals surface area contributed by atoms with Crippen LogP contribution in [0.3, 0.4) is 0 Å². The van der Waals surface area contributed by atoms with Gasteiger partial charge in [-0.1, -0.05) is 48.5 Å². The molecular weight excluding hydrogens is 362 g/mol. The Labute approximate surface area is 172 Å². The largest absolute Gasteiger partial charge is 0.352 e. The van der Waals surface area contributed by atoms with E-state index in [4.69, 9.17) is 0 Å². The molecule has 5 heteroatoms. The molecular formula is C24H29N3O2. The van der Waals surface area contributed by atoms with Gasteiger partial charge in [-0.15, -0.1) is 0 Å². The zero-order valence-electron chi connectivity index (χ0n) is 16.8. The average molecular weight is 392 g/mol. The van der Waals surface area contributed by atoms with E-state index >= 15 is 0 Å². The zero-order chi connectivity index (χ0) is 20.1. The monoisotopic (exact) mass is 391 g/mol. The number of fused-ring (bicyclic) bond motifs is 1. The van der Waals surface area contributed by atoms with Crippen molar-refractivity contribution in [1.29, 1.82) is 0 Å². The van der Waals surface area contributed by atoms with Crippen LogP contribution in [0.2, 0.25) is 0 Å². The highest BCUT2D eigenvalue weighted by Crippen LogP contribution is 2.22. The summed E-state index contributed by atoms with van der Waals surface area (Å²) in [5.74, 6) is 0.0850. The molecule has 1 saturated heterocycles. The first-order valence-electron chi connectivity index (χ1n) is 10.6. The fourth-order valence-electron chi connectivity index (χ4n) is 4.34. The molecule has 2 aliphatic rings. The predicted molar refractivity (Wildman–Crippen MR) is 114 cm³/mol. The lowest BCUT2D eigenvalue weighted by atomic mass is 10.0. The van der Waals surface area contributed by atoms with Crippen molar-refractivity contribution < 1.29 is 9.59 Å². The van der Waals surface area contributed by atoms with Gasteiger partial charge >= 0.3 is 0 Å². The van der Waals surface area contributed by atoms with Crippen molar-refractivity contribution in [2.45, 2.75) is 38.3 Å².